The van der Waals surface area contributed by atoms with E-state index < -0.39 is 24.2 Å². The number of nitrogens with zero attached hydrogens (tertiary/aromatic N) is 3. The fourth-order valence-electron chi connectivity index (χ4n) is 7.57. The second kappa shape index (κ2) is 6.90. The highest BCUT2D eigenvalue weighted by Crippen LogP contribution is 2.54. The highest BCUT2D eigenvalue weighted by Gasteiger charge is 2.57. The fraction of sp³-hybridized carbons (Fsp3) is 0.345. The topological polar surface area (TPSA) is 80.9 Å². The molecular weight excluding hydrogens is 468 g/mol. The molecule has 0 saturated carbocycles. The Morgan fingerprint density at radius 2 is 1.73 bits per heavy atom. The number of methoxy groups -OCH3 is 1. The first-order valence-electron chi connectivity index (χ1n) is 12.7. The molecule has 1 saturated heterocycles. The van der Waals surface area contributed by atoms with E-state index in [1.54, 1.807) is 7.11 Å². The summed E-state index contributed by atoms with van der Waals surface area (Å²) in [7, 11) is 5.63. The maximum absolute atomic E-state index is 13.4. The molecule has 8 heteroatoms. The third-order valence-electron chi connectivity index (χ3n) is 8.90. The largest absolute Gasteiger partial charge is 0.387 e. The van der Waals surface area contributed by atoms with Gasteiger partial charge in [0.15, 0.2) is 12.0 Å². The van der Waals surface area contributed by atoms with Crippen molar-refractivity contribution in [2.75, 3.05) is 21.2 Å². The number of amides is 1. The van der Waals surface area contributed by atoms with Gasteiger partial charge in [-0.15, -0.1) is 0 Å². The lowest BCUT2D eigenvalue weighted by Gasteiger charge is -2.52. The molecule has 0 unspecified atom stereocenters. The van der Waals surface area contributed by atoms with Crippen LogP contribution in [-0.4, -0.2) is 64.5 Å². The maximum Gasteiger partial charge on any atom is 0.252 e. The van der Waals surface area contributed by atoms with Crippen molar-refractivity contribution >= 4 is 49.5 Å². The first-order chi connectivity index (χ1) is 17.9. The van der Waals surface area contributed by atoms with Crippen LogP contribution in [0.3, 0.4) is 0 Å². The van der Waals surface area contributed by atoms with Gasteiger partial charge in [0.1, 0.15) is 12.2 Å². The predicted octanol–water partition coefficient (Wildman–Crippen LogP) is 3.67. The van der Waals surface area contributed by atoms with Gasteiger partial charge in [-0.3, -0.25) is 4.79 Å². The van der Waals surface area contributed by atoms with Gasteiger partial charge in [0.2, 0.25) is 0 Å². The standard InChI is InChI=1S/C29H28N4O4/c1-29-26(36-4)24(31(2)3)25(34)28(37-29)32-17-11-7-5-9-14(17)20-21-16(13-30-27(21)35)19-15-10-6-8-12-18(15)33(29)23(19)22(20)32/h5-12,24-26,28,34H,13H2,1-4H3,(H,30,35)/t24-,25-,26-,28-,29+/m0/s1. The van der Waals surface area contributed by atoms with E-state index in [0.29, 0.717) is 6.54 Å². The van der Waals surface area contributed by atoms with Crippen LogP contribution in [0, 0.1) is 0 Å². The van der Waals surface area contributed by atoms with E-state index in [-0.39, 0.29) is 11.9 Å². The number of likely N-dealkylation sites (N-methyl/N-ethyl adjacent to an activating group) is 1. The summed E-state index contributed by atoms with van der Waals surface area (Å²) in [5.74, 6) is -0.0579. The lowest BCUT2D eigenvalue weighted by Crippen LogP contribution is -2.65. The van der Waals surface area contributed by atoms with Gasteiger partial charge in [0.25, 0.3) is 5.91 Å². The number of hydrogen-bond donors (Lipinski definition) is 2. The number of nitrogens with one attached hydrogen (secondary N) is 1. The van der Waals surface area contributed by atoms with Gasteiger partial charge in [0.05, 0.1) is 33.7 Å². The molecule has 8 rings (SSSR count). The van der Waals surface area contributed by atoms with Gasteiger partial charge in [-0.25, -0.2) is 0 Å². The number of fused-ring (bicyclic) bond motifs is 13. The van der Waals surface area contributed by atoms with Gasteiger partial charge >= 0.3 is 0 Å². The van der Waals surface area contributed by atoms with E-state index in [9.17, 15) is 9.90 Å². The zero-order valence-corrected chi connectivity index (χ0v) is 21.1. The number of ether oxygens (including phenoxy) is 2. The summed E-state index contributed by atoms with van der Waals surface area (Å²) in [4.78, 5) is 15.4. The number of aliphatic hydroxyl groups is 1. The molecule has 2 bridgehead atoms. The van der Waals surface area contributed by atoms with Crippen molar-refractivity contribution in [3.63, 3.8) is 0 Å². The van der Waals surface area contributed by atoms with Crippen LogP contribution in [0.2, 0.25) is 0 Å². The number of carbonyl (C=O) groups is 1. The van der Waals surface area contributed by atoms with E-state index in [0.717, 1.165) is 54.7 Å². The van der Waals surface area contributed by atoms with Crippen LogP contribution >= 0.6 is 0 Å². The van der Waals surface area contributed by atoms with Crippen molar-refractivity contribution in [2.45, 2.75) is 43.7 Å². The Kier molecular flexibility index (Phi) is 4.04. The van der Waals surface area contributed by atoms with Crippen molar-refractivity contribution in [1.29, 1.82) is 0 Å². The SMILES string of the molecule is CO[C@H]1[C@@H](N(C)C)[C@H](O)[C@@H]2O[C@@]1(C)n1c3ccccc3c3c4c(c5c6ccccc6n2c5c31)C(=O)NC4. The Bertz CT molecular complexity index is 1820. The molecule has 37 heavy (non-hydrogen) atoms. The minimum Gasteiger partial charge on any atom is -0.387 e. The summed E-state index contributed by atoms with van der Waals surface area (Å²) in [6, 6.07) is 16.1. The molecule has 2 N–H and O–H groups in total. The van der Waals surface area contributed by atoms with E-state index in [1.165, 1.54) is 0 Å². The minimum absolute atomic E-state index is 0.0579. The van der Waals surface area contributed by atoms with Crippen molar-refractivity contribution in [1.82, 2.24) is 19.4 Å². The molecule has 5 atom stereocenters. The second-order valence-electron chi connectivity index (χ2n) is 10.9. The third-order valence-corrected chi connectivity index (χ3v) is 8.90. The number of aliphatic hydroxyl groups excluding tert-OH is 1. The monoisotopic (exact) mass is 496 g/mol. The number of hydrogen-bond acceptors (Lipinski definition) is 5. The molecule has 2 aromatic heterocycles. The Hall–Kier alpha value is -3.43. The molecule has 0 spiro atoms. The maximum atomic E-state index is 13.4. The van der Waals surface area contributed by atoms with Crippen molar-refractivity contribution in [3.05, 3.63) is 59.7 Å². The highest BCUT2D eigenvalue weighted by molar-refractivity contribution is 6.31. The minimum atomic E-state index is -0.938. The predicted molar refractivity (Wildman–Crippen MR) is 142 cm³/mol. The van der Waals surface area contributed by atoms with Gasteiger partial charge in [-0.2, -0.15) is 0 Å². The second-order valence-corrected chi connectivity index (χ2v) is 10.9. The van der Waals surface area contributed by atoms with E-state index >= 15 is 0 Å². The van der Waals surface area contributed by atoms with Crippen LogP contribution in [0.4, 0.5) is 0 Å². The van der Waals surface area contributed by atoms with Crippen molar-refractivity contribution in [3.8, 4) is 0 Å². The van der Waals surface area contributed by atoms with E-state index in [2.05, 4.69) is 45.6 Å². The zero-order chi connectivity index (χ0) is 25.4. The highest BCUT2D eigenvalue weighted by atomic mass is 16.6. The van der Waals surface area contributed by atoms with Gasteiger partial charge in [-0.05, 0) is 38.7 Å². The summed E-state index contributed by atoms with van der Waals surface area (Å²) in [5.41, 5.74) is 4.69. The normalized spacial score (nSPS) is 28.6. The molecule has 3 aromatic carbocycles. The molecular formula is C29H28N4O4. The number of benzene rings is 3. The molecule has 8 nitrogen and oxygen atoms in total. The van der Waals surface area contributed by atoms with Crippen LogP contribution in [0.1, 0.15) is 29.1 Å². The molecule has 1 amide bonds. The smallest absolute Gasteiger partial charge is 0.252 e. The summed E-state index contributed by atoms with van der Waals surface area (Å²) in [6.45, 7) is 2.55. The average molecular weight is 497 g/mol. The Balaban J connectivity index is 1.71. The first kappa shape index (κ1) is 21.6. The zero-order valence-electron chi connectivity index (χ0n) is 21.1. The first-order valence-corrected chi connectivity index (χ1v) is 12.7. The molecule has 3 aliphatic heterocycles. The fourth-order valence-corrected chi connectivity index (χ4v) is 7.57. The van der Waals surface area contributed by atoms with Crippen LogP contribution in [0.15, 0.2) is 48.5 Å². The van der Waals surface area contributed by atoms with Crippen molar-refractivity contribution < 1.29 is 19.4 Å². The summed E-state index contributed by atoms with van der Waals surface area (Å²) in [6.07, 6.45) is -2.03. The van der Waals surface area contributed by atoms with Crippen LogP contribution in [0.5, 0.6) is 0 Å². The van der Waals surface area contributed by atoms with Crippen LogP contribution < -0.4 is 5.32 Å². The van der Waals surface area contributed by atoms with Crippen LogP contribution in [-0.2, 0) is 21.7 Å². The number of carbonyl (C=O) groups excluding carboxylic acids is 1. The molecule has 5 aromatic rings. The lowest BCUT2D eigenvalue weighted by atomic mass is 9.90. The Morgan fingerprint density at radius 1 is 1.05 bits per heavy atom. The summed E-state index contributed by atoms with van der Waals surface area (Å²) >= 11 is 0. The summed E-state index contributed by atoms with van der Waals surface area (Å²) in [5, 5.41) is 19.0. The number of aromatic nitrogens is 2. The Labute approximate surface area is 212 Å². The van der Waals surface area contributed by atoms with E-state index in [4.69, 9.17) is 9.47 Å². The quantitative estimate of drug-likeness (QED) is 0.390. The van der Waals surface area contributed by atoms with E-state index in [1.807, 2.05) is 43.3 Å². The molecule has 188 valence electrons. The van der Waals surface area contributed by atoms with Gasteiger partial charge in [-0.1, -0.05) is 36.4 Å². The van der Waals surface area contributed by atoms with Crippen molar-refractivity contribution in [2.24, 2.45) is 0 Å². The molecule has 0 aliphatic carbocycles. The van der Waals surface area contributed by atoms with Crippen LogP contribution in [0.25, 0.3) is 43.6 Å². The van der Waals surface area contributed by atoms with Gasteiger partial charge < -0.3 is 33.9 Å². The van der Waals surface area contributed by atoms with Gasteiger partial charge in [0, 0.05) is 35.2 Å². The Morgan fingerprint density at radius 3 is 2.43 bits per heavy atom. The molecule has 3 aliphatic rings. The molecule has 1 fully saturated rings. The molecule has 0 radical (unpaired) electrons. The number of rotatable bonds is 2. The number of para-hydroxylation sites is 2. The third kappa shape index (κ3) is 2.32. The lowest BCUT2D eigenvalue weighted by molar-refractivity contribution is -0.300. The molecule has 5 heterocycles. The average Bonchev–Trinajstić information content (AvgIpc) is 3.52. The summed E-state index contributed by atoms with van der Waals surface area (Å²) < 4.78 is 17.6.